The van der Waals surface area contributed by atoms with Crippen LogP contribution in [0.4, 0.5) is 5.69 Å². The highest BCUT2D eigenvalue weighted by Crippen LogP contribution is 2.40. The number of nitrogens with one attached hydrogen (secondary N) is 2. The number of non-ortho nitro benzene ring substituents is 1. The van der Waals surface area contributed by atoms with Gasteiger partial charge in [0.05, 0.1) is 35.7 Å². The number of thioether (sulfide) groups is 1. The van der Waals surface area contributed by atoms with E-state index in [4.69, 9.17) is 30.8 Å². The van der Waals surface area contributed by atoms with Crippen LogP contribution >= 0.6 is 11.8 Å². The van der Waals surface area contributed by atoms with Crippen molar-refractivity contribution in [3.63, 3.8) is 0 Å². The van der Waals surface area contributed by atoms with Crippen LogP contribution in [0.1, 0.15) is 37.0 Å². The van der Waals surface area contributed by atoms with Crippen LogP contribution in [-0.2, 0) is 23.9 Å². The average molecular weight is 587 g/mol. The van der Waals surface area contributed by atoms with E-state index in [1.807, 2.05) is 0 Å². The first-order valence-corrected chi connectivity index (χ1v) is 13.0. The first-order chi connectivity index (χ1) is 19.4. The lowest BCUT2D eigenvalue weighted by atomic mass is 9.80. The van der Waals surface area contributed by atoms with Gasteiger partial charge < -0.3 is 30.7 Å². The first-order valence-electron chi connectivity index (χ1n) is 12.1. The summed E-state index contributed by atoms with van der Waals surface area (Å²) < 4.78 is 10.1. The molecule has 0 bridgehead atoms. The Morgan fingerprint density at radius 2 is 1.80 bits per heavy atom. The topological polar surface area (TPSA) is 215 Å². The molecule has 0 fully saturated rings. The Labute approximate surface area is 239 Å². The molecule has 3 rings (SSSR count). The van der Waals surface area contributed by atoms with E-state index in [0.717, 1.165) is 11.8 Å². The fourth-order valence-electron chi connectivity index (χ4n) is 3.92. The highest BCUT2D eigenvalue weighted by molar-refractivity contribution is 8.13. The second-order valence-corrected chi connectivity index (χ2v) is 9.37. The molecule has 0 saturated heterocycles. The van der Waals surface area contributed by atoms with Gasteiger partial charge in [-0.3, -0.25) is 15.5 Å². The molecule has 0 radical (unpaired) electrons. The fraction of sp³-hybridized carbons (Fsp3) is 0.259. The van der Waals surface area contributed by atoms with Crippen molar-refractivity contribution in [3.8, 4) is 0 Å². The van der Waals surface area contributed by atoms with E-state index < -0.39 is 34.9 Å². The largest absolute Gasteiger partial charge is 0.479 e. The van der Waals surface area contributed by atoms with E-state index in [1.54, 1.807) is 50.2 Å². The summed E-state index contributed by atoms with van der Waals surface area (Å²) in [6.07, 6.45) is -1.41. The van der Waals surface area contributed by atoms with Crippen LogP contribution in [0.5, 0.6) is 0 Å². The number of carbonyl (C=O) groups excluding carboxylic acids is 2. The normalized spacial score (nSPS) is 15.1. The summed E-state index contributed by atoms with van der Waals surface area (Å²) in [4.78, 5) is 46.5. The van der Waals surface area contributed by atoms with Gasteiger partial charge in [0.2, 0.25) is 0 Å². The number of ether oxygens (including phenoxy) is 2. The molecule has 0 amide bonds. The Morgan fingerprint density at radius 1 is 1.15 bits per heavy atom. The van der Waals surface area contributed by atoms with Crippen LogP contribution in [0.2, 0.25) is 0 Å². The van der Waals surface area contributed by atoms with Gasteiger partial charge in [0, 0.05) is 29.3 Å². The second kappa shape index (κ2) is 15.2. The maximum absolute atomic E-state index is 12.9. The Morgan fingerprint density at radius 3 is 2.34 bits per heavy atom. The van der Waals surface area contributed by atoms with Crippen LogP contribution in [-0.4, -0.2) is 57.7 Å². The number of carboxylic acids is 1. The maximum Gasteiger partial charge on any atom is 0.337 e. The molecule has 1 aliphatic rings. The summed E-state index contributed by atoms with van der Waals surface area (Å²) in [5, 5.41) is 39.0. The number of hydrogen-bond acceptors (Lipinski definition) is 11. The molecule has 1 aliphatic heterocycles. The molecule has 0 spiro atoms. The molecule has 0 saturated carbocycles. The number of hydrogen-bond donors (Lipinski definition) is 5. The van der Waals surface area contributed by atoms with Gasteiger partial charge in [-0.2, -0.15) is 0 Å². The van der Waals surface area contributed by atoms with E-state index in [-0.39, 0.29) is 34.4 Å². The lowest BCUT2D eigenvalue weighted by Crippen LogP contribution is -2.34. The highest BCUT2D eigenvalue weighted by Gasteiger charge is 2.39. The number of nitrogens with zero attached hydrogens (tertiary/aromatic N) is 1. The standard InChI is InChI=1S/C19H22N4O6S.C8H8O3/c1-4-29-18(25)16-13(9-30-19(20)21)22-10(2)14(17(24)28-3)15(16)11-6-5-7-12(8-11)23(26)27;9-7(8(10)11)6-4-2-1-3-5-6/h5-8,15,22H,4,9H2,1-3H3,(H3,20,21);1-5,7,9H,(H,10,11). The summed E-state index contributed by atoms with van der Waals surface area (Å²) in [6.45, 7) is 3.37. The number of nitro benzene ring substituents is 1. The number of allylic oxidation sites excluding steroid dienone is 1. The third-order valence-electron chi connectivity index (χ3n) is 5.68. The van der Waals surface area contributed by atoms with Crippen LogP contribution in [0, 0.1) is 15.5 Å². The number of benzene rings is 2. The zero-order chi connectivity index (χ0) is 30.7. The lowest BCUT2D eigenvalue weighted by Gasteiger charge is -2.31. The lowest BCUT2D eigenvalue weighted by molar-refractivity contribution is -0.384. The number of nitro groups is 1. The van der Waals surface area contributed by atoms with Crippen molar-refractivity contribution in [2.75, 3.05) is 19.5 Å². The monoisotopic (exact) mass is 586 g/mol. The van der Waals surface area contributed by atoms with Gasteiger partial charge in [-0.25, -0.2) is 14.4 Å². The van der Waals surface area contributed by atoms with Gasteiger partial charge in [0.25, 0.3) is 5.69 Å². The summed E-state index contributed by atoms with van der Waals surface area (Å²) >= 11 is 0.986. The smallest absolute Gasteiger partial charge is 0.337 e. The summed E-state index contributed by atoms with van der Waals surface area (Å²) in [5.74, 6) is -3.41. The van der Waals surface area contributed by atoms with Crippen molar-refractivity contribution in [1.82, 2.24) is 5.32 Å². The Hall–Kier alpha value is -4.69. The number of rotatable bonds is 9. The number of nitrogens with two attached hydrogens (primary N) is 1. The van der Waals surface area contributed by atoms with Gasteiger partial charge >= 0.3 is 17.9 Å². The Bertz CT molecular complexity index is 1380. The van der Waals surface area contributed by atoms with Gasteiger partial charge in [-0.15, -0.1) is 0 Å². The minimum absolute atomic E-state index is 0.0907. The quantitative estimate of drug-likeness (QED) is 0.0942. The fourth-order valence-corrected chi connectivity index (χ4v) is 4.45. The predicted octanol–water partition coefficient (Wildman–Crippen LogP) is 2.98. The number of amidine groups is 1. The Balaban J connectivity index is 0.000000446. The molecule has 13 nitrogen and oxygen atoms in total. The van der Waals surface area contributed by atoms with E-state index in [1.165, 1.54) is 25.3 Å². The zero-order valence-electron chi connectivity index (χ0n) is 22.5. The van der Waals surface area contributed by atoms with Gasteiger partial charge in [-0.05, 0) is 25.0 Å². The molecular weight excluding hydrogens is 556 g/mol. The first kappa shape index (κ1) is 32.5. The van der Waals surface area contributed by atoms with Crippen LogP contribution < -0.4 is 11.1 Å². The van der Waals surface area contributed by atoms with Crippen LogP contribution in [0.3, 0.4) is 0 Å². The van der Waals surface area contributed by atoms with E-state index in [9.17, 15) is 24.5 Å². The zero-order valence-corrected chi connectivity index (χ0v) is 23.3. The number of aliphatic hydroxyl groups excluding tert-OH is 1. The predicted molar refractivity (Wildman–Crippen MR) is 151 cm³/mol. The third-order valence-corrected chi connectivity index (χ3v) is 6.43. The maximum atomic E-state index is 12.9. The highest BCUT2D eigenvalue weighted by atomic mass is 32.2. The molecular formula is C27H30N4O9S. The number of carboxylic acid groups (broad SMARTS) is 1. The second-order valence-electron chi connectivity index (χ2n) is 8.36. The van der Waals surface area contributed by atoms with Crippen LogP contribution in [0.25, 0.3) is 0 Å². The molecule has 14 heteroatoms. The van der Waals surface area contributed by atoms with Gasteiger partial charge in [0.15, 0.2) is 11.3 Å². The molecule has 1 heterocycles. The Kier molecular flexibility index (Phi) is 12.0. The number of aliphatic carboxylic acids is 1. The molecule has 2 unspecified atom stereocenters. The minimum atomic E-state index is -1.41. The molecule has 2 aromatic carbocycles. The molecule has 0 aliphatic carbocycles. The van der Waals surface area contributed by atoms with Crippen molar-refractivity contribution in [1.29, 1.82) is 5.41 Å². The molecule has 0 aromatic heterocycles. The molecule has 2 atom stereocenters. The van der Waals surface area contributed by atoms with Crippen LogP contribution in [0.15, 0.2) is 77.1 Å². The molecule has 41 heavy (non-hydrogen) atoms. The van der Waals surface area contributed by atoms with Gasteiger partial charge in [-0.1, -0.05) is 54.2 Å². The third kappa shape index (κ3) is 8.65. The molecule has 6 N–H and O–H groups in total. The summed E-state index contributed by atoms with van der Waals surface area (Å²) in [6, 6.07) is 14.0. The summed E-state index contributed by atoms with van der Waals surface area (Å²) in [5.41, 5.74) is 7.08. The minimum Gasteiger partial charge on any atom is -0.479 e. The molecule has 218 valence electrons. The SMILES string of the molecule is CCOC(=O)C1=C(CSC(=N)N)NC(C)=C(C(=O)OC)C1c1cccc([N+](=O)[O-])c1.O=C(O)C(O)c1ccccc1. The van der Waals surface area contributed by atoms with Crippen molar-refractivity contribution in [3.05, 3.63) is 98.4 Å². The van der Waals surface area contributed by atoms with Crippen molar-refractivity contribution < 1.29 is 39.0 Å². The van der Waals surface area contributed by atoms with E-state index in [0.29, 0.717) is 22.5 Å². The number of methoxy groups -OCH3 is 1. The van der Waals surface area contributed by atoms with Crippen molar-refractivity contribution in [2.24, 2.45) is 5.73 Å². The average Bonchev–Trinajstić information content (AvgIpc) is 2.95. The van der Waals surface area contributed by atoms with E-state index in [2.05, 4.69) is 5.32 Å². The number of esters is 2. The number of aliphatic hydroxyl groups is 1. The van der Waals surface area contributed by atoms with Gasteiger partial charge in [0.1, 0.15) is 0 Å². The number of carbonyl (C=O) groups is 3. The number of dihydropyridines is 1. The molecule has 2 aromatic rings. The van der Waals surface area contributed by atoms with E-state index >= 15 is 0 Å². The van der Waals surface area contributed by atoms with Crippen molar-refractivity contribution in [2.45, 2.75) is 25.9 Å². The van der Waals surface area contributed by atoms with Crippen molar-refractivity contribution >= 4 is 40.5 Å². The summed E-state index contributed by atoms with van der Waals surface area (Å²) in [7, 11) is 1.21.